The highest BCUT2D eigenvalue weighted by molar-refractivity contribution is 6.35. The van der Waals surface area contributed by atoms with Crippen LogP contribution in [-0.2, 0) is 4.79 Å². The minimum absolute atomic E-state index is 0.0900. The highest BCUT2D eigenvalue weighted by atomic mass is 35.5. The summed E-state index contributed by atoms with van der Waals surface area (Å²) >= 11 is 18.3. The van der Waals surface area contributed by atoms with Crippen LogP contribution >= 0.6 is 34.8 Å². The number of amides is 1. The lowest BCUT2D eigenvalue weighted by atomic mass is 10.2. The van der Waals surface area contributed by atoms with E-state index in [1.807, 2.05) is 18.2 Å². The number of benzene rings is 2. The highest BCUT2D eigenvalue weighted by Crippen LogP contribution is 2.33. The van der Waals surface area contributed by atoms with Gasteiger partial charge in [0.05, 0.1) is 21.4 Å². The Bertz CT molecular complexity index is 819. The molecule has 0 spiro atoms. The van der Waals surface area contributed by atoms with Gasteiger partial charge >= 0.3 is 0 Å². The molecule has 0 saturated carbocycles. The van der Waals surface area contributed by atoms with Gasteiger partial charge in [0.1, 0.15) is 5.75 Å². The summed E-state index contributed by atoms with van der Waals surface area (Å²) in [6.45, 7) is 4.13. The Labute approximate surface area is 173 Å². The third kappa shape index (κ3) is 4.54. The normalized spacial score (nSPS) is 15.6. The van der Waals surface area contributed by atoms with Gasteiger partial charge < -0.3 is 20.3 Å². The van der Waals surface area contributed by atoms with Crippen molar-refractivity contribution >= 4 is 52.1 Å². The molecule has 5 nitrogen and oxygen atoms in total. The zero-order valence-corrected chi connectivity index (χ0v) is 17.1. The Morgan fingerprint density at radius 3 is 2.41 bits per heavy atom. The molecule has 2 aromatic carbocycles. The third-order valence-electron chi connectivity index (χ3n) is 4.47. The van der Waals surface area contributed by atoms with E-state index >= 15 is 0 Å². The molecule has 3 rings (SSSR count). The van der Waals surface area contributed by atoms with E-state index < -0.39 is 6.10 Å². The number of hydrogen-bond donors (Lipinski definition) is 1. The number of rotatable bonds is 4. The maximum atomic E-state index is 12.7. The Balaban J connectivity index is 1.61. The van der Waals surface area contributed by atoms with Gasteiger partial charge in [0.2, 0.25) is 0 Å². The molecule has 1 atom stereocenters. The van der Waals surface area contributed by atoms with E-state index in [0.717, 1.165) is 5.69 Å². The van der Waals surface area contributed by atoms with Crippen molar-refractivity contribution in [3.05, 3.63) is 51.5 Å². The molecule has 2 N–H and O–H groups in total. The lowest BCUT2D eigenvalue weighted by Crippen LogP contribution is -2.52. The zero-order valence-electron chi connectivity index (χ0n) is 14.8. The SMILES string of the molecule is C[C@@H](Oc1ccc(Cl)cc1Cl)C(=O)N1CCN(c2c(N)cccc2Cl)CC1. The van der Waals surface area contributed by atoms with Crippen LogP contribution in [0.2, 0.25) is 15.1 Å². The summed E-state index contributed by atoms with van der Waals surface area (Å²) in [5.74, 6) is 0.345. The van der Waals surface area contributed by atoms with Gasteiger partial charge in [-0.15, -0.1) is 0 Å². The summed E-state index contributed by atoms with van der Waals surface area (Å²) in [6.07, 6.45) is -0.652. The second-order valence-electron chi connectivity index (χ2n) is 6.32. The van der Waals surface area contributed by atoms with E-state index in [-0.39, 0.29) is 5.91 Å². The van der Waals surface area contributed by atoms with Crippen molar-refractivity contribution in [1.29, 1.82) is 0 Å². The fourth-order valence-corrected chi connectivity index (χ4v) is 3.84. The molecule has 8 heteroatoms. The second-order valence-corrected chi connectivity index (χ2v) is 7.58. The molecule has 2 aromatic rings. The van der Waals surface area contributed by atoms with Crippen molar-refractivity contribution in [3.63, 3.8) is 0 Å². The number of anilines is 2. The van der Waals surface area contributed by atoms with Crippen LogP contribution in [0, 0.1) is 0 Å². The number of nitrogen functional groups attached to an aromatic ring is 1. The monoisotopic (exact) mass is 427 g/mol. The van der Waals surface area contributed by atoms with Crippen LogP contribution in [0.1, 0.15) is 6.92 Å². The molecule has 144 valence electrons. The van der Waals surface area contributed by atoms with E-state index in [0.29, 0.717) is 52.7 Å². The van der Waals surface area contributed by atoms with Crippen LogP contribution in [0.15, 0.2) is 36.4 Å². The van der Waals surface area contributed by atoms with Crippen LogP contribution in [0.5, 0.6) is 5.75 Å². The molecule has 27 heavy (non-hydrogen) atoms. The predicted molar refractivity (Wildman–Crippen MR) is 111 cm³/mol. The summed E-state index contributed by atoms with van der Waals surface area (Å²) in [5, 5.41) is 1.51. The molecular formula is C19H20Cl3N3O2. The van der Waals surface area contributed by atoms with E-state index in [2.05, 4.69) is 4.90 Å². The fraction of sp³-hybridized carbons (Fsp3) is 0.316. The van der Waals surface area contributed by atoms with Gasteiger partial charge in [0.25, 0.3) is 5.91 Å². The number of piperazine rings is 1. The van der Waals surface area contributed by atoms with Crippen molar-refractivity contribution in [3.8, 4) is 5.75 Å². The summed E-state index contributed by atoms with van der Waals surface area (Å²) < 4.78 is 5.73. The van der Waals surface area contributed by atoms with Gasteiger partial charge in [-0.1, -0.05) is 40.9 Å². The van der Waals surface area contributed by atoms with E-state index in [9.17, 15) is 4.79 Å². The Morgan fingerprint density at radius 1 is 1.07 bits per heavy atom. The van der Waals surface area contributed by atoms with E-state index in [1.165, 1.54) is 0 Å². The van der Waals surface area contributed by atoms with Gasteiger partial charge in [-0.3, -0.25) is 4.79 Å². The van der Waals surface area contributed by atoms with Crippen LogP contribution < -0.4 is 15.4 Å². The number of nitrogens with two attached hydrogens (primary N) is 1. The van der Waals surface area contributed by atoms with Gasteiger partial charge in [-0.2, -0.15) is 0 Å². The van der Waals surface area contributed by atoms with Crippen molar-refractivity contribution < 1.29 is 9.53 Å². The Kier molecular flexibility index (Phi) is 6.25. The first-order valence-electron chi connectivity index (χ1n) is 8.56. The first-order valence-corrected chi connectivity index (χ1v) is 9.69. The molecule has 1 fully saturated rings. The van der Waals surface area contributed by atoms with Crippen LogP contribution in [0.3, 0.4) is 0 Å². The minimum Gasteiger partial charge on any atom is -0.479 e. The molecule has 0 aromatic heterocycles. The lowest BCUT2D eigenvalue weighted by molar-refractivity contribution is -0.138. The van der Waals surface area contributed by atoms with Crippen molar-refractivity contribution in [2.75, 3.05) is 36.8 Å². The van der Waals surface area contributed by atoms with E-state index in [4.69, 9.17) is 45.3 Å². The fourth-order valence-electron chi connectivity index (χ4n) is 3.08. The number of hydrogen-bond acceptors (Lipinski definition) is 4. The lowest BCUT2D eigenvalue weighted by Gasteiger charge is -2.37. The predicted octanol–water partition coefficient (Wildman–Crippen LogP) is 4.35. The molecule has 1 heterocycles. The van der Waals surface area contributed by atoms with Crippen LogP contribution in [-0.4, -0.2) is 43.1 Å². The zero-order chi connectivity index (χ0) is 19.6. The summed E-state index contributed by atoms with van der Waals surface area (Å²) in [4.78, 5) is 16.6. The van der Waals surface area contributed by atoms with Gasteiger partial charge in [0, 0.05) is 31.2 Å². The van der Waals surface area contributed by atoms with Crippen LogP contribution in [0.4, 0.5) is 11.4 Å². The van der Waals surface area contributed by atoms with Gasteiger partial charge in [-0.25, -0.2) is 0 Å². The topological polar surface area (TPSA) is 58.8 Å². The summed E-state index contributed by atoms with van der Waals surface area (Å²) in [5.41, 5.74) is 7.52. The van der Waals surface area contributed by atoms with Gasteiger partial charge in [-0.05, 0) is 37.3 Å². The highest BCUT2D eigenvalue weighted by Gasteiger charge is 2.27. The number of para-hydroxylation sites is 1. The number of carbonyl (C=O) groups is 1. The standard InChI is InChI=1S/C19H20Cl3N3O2/c1-12(27-17-6-5-13(20)11-15(17)22)19(26)25-9-7-24(8-10-25)18-14(21)3-2-4-16(18)23/h2-6,11-12H,7-10,23H2,1H3/t12-/m1/s1. The molecule has 0 bridgehead atoms. The van der Waals surface area contributed by atoms with Gasteiger partial charge in [0.15, 0.2) is 6.10 Å². The summed E-state index contributed by atoms with van der Waals surface area (Å²) in [6, 6.07) is 10.4. The molecule has 0 unspecified atom stereocenters. The Hall–Kier alpha value is -1.82. The van der Waals surface area contributed by atoms with Crippen molar-refractivity contribution in [2.45, 2.75) is 13.0 Å². The number of carbonyl (C=O) groups excluding carboxylic acids is 1. The first-order chi connectivity index (χ1) is 12.9. The maximum absolute atomic E-state index is 12.7. The average Bonchev–Trinajstić information content (AvgIpc) is 2.64. The molecule has 1 aliphatic rings. The summed E-state index contributed by atoms with van der Waals surface area (Å²) in [7, 11) is 0. The molecule has 0 radical (unpaired) electrons. The molecular weight excluding hydrogens is 409 g/mol. The smallest absolute Gasteiger partial charge is 0.263 e. The number of halogens is 3. The van der Waals surface area contributed by atoms with Crippen LogP contribution in [0.25, 0.3) is 0 Å². The molecule has 0 aliphatic carbocycles. The Morgan fingerprint density at radius 2 is 1.78 bits per heavy atom. The second kappa shape index (κ2) is 8.46. The van der Waals surface area contributed by atoms with Crippen molar-refractivity contribution in [1.82, 2.24) is 4.90 Å². The third-order valence-corrected chi connectivity index (χ3v) is 5.31. The average molecular weight is 429 g/mol. The molecule has 1 aliphatic heterocycles. The molecule has 1 amide bonds. The molecule has 1 saturated heterocycles. The quantitative estimate of drug-likeness (QED) is 0.736. The van der Waals surface area contributed by atoms with Crippen molar-refractivity contribution in [2.24, 2.45) is 0 Å². The van der Waals surface area contributed by atoms with E-state index in [1.54, 1.807) is 30.0 Å². The number of ether oxygens (including phenoxy) is 1. The maximum Gasteiger partial charge on any atom is 0.263 e. The number of nitrogens with zero attached hydrogens (tertiary/aromatic N) is 2. The first kappa shape index (κ1) is 19.9. The minimum atomic E-state index is -0.652. The largest absolute Gasteiger partial charge is 0.479 e.